The molecular weight excluding hydrogens is 388 g/mol. The second-order valence-corrected chi connectivity index (χ2v) is 9.16. The van der Waals surface area contributed by atoms with Crippen molar-refractivity contribution in [1.29, 1.82) is 0 Å². The van der Waals surface area contributed by atoms with Gasteiger partial charge in [0.2, 0.25) is 11.7 Å². The minimum Gasteiger partial charge on any atom is -0.618 e. The SMILES string of the molecule is CCCCc1nc2c[n+]([O-])c3ccsc3c2n1CCCCNC(=O)OC(C)(C)C. The van der Waals surface area contributed by atoms with Gasteiger partial charge in [-0.2, -0.15) is 4.73 Å². The van der Waals surface area contributed by atoms with Crippen LogP contribution in [0.2, 0.25) is 0 Å². The predicted molar refractivity (Wildman–Crippen MR) is 116 cm³/mol. The highest BCUT2D eigenvalue weighted by Gasteiger charge is 2.19. The van der Waals surface area contributed by atoms with Crippen LogP contribution in [0.5, 0.6) is 0 Å². The van der Waals surface area contributed by atoms with Crippen molar-refractivity contribution in [3.8, 4) is 0 Å². The number of hydrogen-bond donors (Lipinski definition) is 1. The number of carbonyl (C=O) groups is 1. The van der Waals surface area contributed by atoms with Crippen LogP contribution in [-0.4, -0.2) is 27.8 Å². The lowest BCUT2D eigenvalue weighted by atomic mass is 10.2. The minimum atomic E-state index is -0.488. The Labute approximate surface area is 175 Å². The first-order valence-corrected chi connectivity index (χ1v) is 11.1. The molecule has 1 N–H and O–H groups in total. The molecule has 0 unspecified atom stereocenters. The molecule has 158 valence electrons. The number of imidazole rings is 1. The number of rotatable bonds is 8. The van der Waals surface area contributed by atoms with Crippen LogP contribution in [0.15, 0.2) is 17.6 Å². The van der Waals surface area contributed by atoms with E-state index < -0.39 is 5.60 Å². The van der Waals surface area contributed by atoms with Crippen molar-refractivity contribution in [2.24, 2.45) is 0 Å². The van der Waals surface area contributed by atoms with E-state index >= 15 is 0 Å². The molecule has 0 radical (unpaired) electrons. The molecule has 3 aromatic rings. The second kappa shape index (κ2) is 8.98. The molecule has 0 saturated carbocycles. The summed E-state index contributed by atoms with van der Waals surface area (Å²) >= 11 is 1.58. The first-order chi connectivity index (χ1) is 13.8. The fraction of sp³-hybridized carbons (Fsp3) is 0.571. The Morgan fingerprint density at radius 3 is 2.86 bits per heavy atom. The number of hydrogen-bond acceptors (Lipinski definition) is 5. The lowest BCUT2D eigenvalue weighted by molar-refractivity contribution is -0.575. The zero-order chi connectivity index (χ0) is 21.0. The summed E-state index contributed by atoms with van der Waals surface area (Å²) in [6.07, 6.45) is 6.00. The molecule has 1 amide bonds. The number of nitrogens with one attached hydrogen (secondary N) is 1. The van der Waals surface area contributed by atoms with Crippen molar-refractivity contribution < 1.29 is 14.3 Å². The van der Waals surface area contributed by atoms with Gasteiger partial charge in [0, 0.05) is 25.6 Å². The van der Waals surface area contributed by atoms with E-state index in [2.05, 4.69) is 16.8 Å². The lowest BCUT2D eigenvalue weighted by Crippen LogP contribution is -2.33. The van der Waals surface area contributed by atoms with Crippen LogP contribution in [0.25, 0.3) is 21.3 Å². The van der Waals surface area contributed by atoms with Crippen LogP contribution in [-0.2, 0) is 17.7 Å². The Morgan fingerprint density at radius 2 is 2.14 bits per heavy atom. The normalized spacial score (nSPS) is 12.0. The van der Waals surface area contributed by atoms with Crippen molar-refractivity contribution in [3.63, 3.8) is 0 Å². The maximum atomic E-state index is 12.3. The Hall–Kier alpha value is -2.35. The number of thiophene rings is 1. The highest BCUT2D eigenvalue weighted by atomic mass is 32.1. The second-order valence-electron chi connectivity index (χ2n) is 8.24. The third-order valence-electron chi connectivity index (χ3n) is 4.64. The zero-order valence-corrected chi connectivity index (χ0v) is 18.5. The third-order valence-corrected chi connectivity index (χ3v) is 5.55. The smallest absolute Gasteiger partial charge is 0.407 e. The quantitative estimate of drug-likeness (QED) is 0.331. The van der Waals surface area contributed by atoms with Gasteiger partial charge in [-0.1, -0.05) is 13.3 Å². The summed E-state index contributed by atoms with van der Waals surface area (Å²) in [5.74, 6) is 1.03. The van der Waals surface area contributed by atoms with Crippen LogP contribution >= 0.6 is 11.3 Å². The summed E-state index contributed by atoms with van der Waals surface area (Å²) in [6.45, 7) is 9.10. The molecule has 0 bridgehead atoms. The average molecular weight is 419 g/mol. The molecule has 0 saturated heterocycles. The van der Waals surface area contributed by atoms with Crippen LogP contribution in [0, 0.1) is 5.21 Å². The minimum absolute atomic E-state index is 0.380. The van der Waals surface area contributed by atoms with Gasteiger partial charge in [-0.15, -0.1) is 11.3 Å². The summed E-state index contributed by atoms with van der Waals surface area (Å²) in [7, 11) is 0. The number of amides is 1. The van der Waals surface area contributed by atoms with Gasteiger partial charge in [-0.25, -0.2) is 9.78 Å². The molecule has 0 fully saturated rings. The van der Waals surface area contributed by atoms with Gasteiger partial charge in [0.1, 0.15) is 16.1 Å². The van der Waals surface area contributed by atoms with E-state index in [9.17, 15) is 10.0 Å². The number of nitrogens with zero attached hydrogens (tertiary/aromatic N) is 3. The van der Waals surface area contributed by atoms with Gasteiger partial charge in [-0.05, 0) is 45.4 Å². The number of fused-ring (bicyclic) bond motifs is 3. The number of unbranched alkanes of at least 4 members (excludes halogenated alkanes) is 2. The number of carbonyl (C=O) groups excluding carboxylic acids is 1. The number of pyridine rings is 1. The van der Waals surface area contributed by atoms with E-state index in [0.29, 0.717) is 12.1 Å². The lowest BCUT2D eigenvalue weighted by Gasteiger charge is -2.19. The predicted octanol–water partition coefficient (Wildman–Crippen LogP) is 4.53. The number of ether oxygens (including phenoxy) is 1. The van der Waals surface area contributed by atoms with E-state index in [1.165, 1.54) is 0 Å². The Bertz CT molecular complexity index is 987. The van der Waals surface area contributed by atoms with Gasteiger partial charge >= 0.3 is 6.09 Å². The fourth-order valence-electron chi connectivity index (χ4n) is 3.35. The molecule has 8 heteroatoms. The van der Waals surface area contributed by atoms with Gasteiger partial charge in [0.15, 0.2) is 5.52 Å². The van der Waals surface area contributed by atoms with Gasteiger partial charge in [-0.3, -0.25) is 0 Å². The summed E-state index contributed by atoms with van der Waals surface area (Å²) in [6, 6.07) is 1.86. The highest BCUT2D eigenvalue weighted by molar-refractivity contribution is 7.18. The van der Waals surface area contributed by atoms with E-state index in [4.69, 9.17) is 9.72 Å². The first kappa shape index (κ1) is 21.4. The molecular formula is C21H30N4O3S. The molecule has 0 spiro atoms. The van der Waals surface area contributed by atoms with Crippen molar-refractivity contribution in [2.45, 2.75) is 71.9 Å². The van der Waals surface area contributed by atoms with Crippen molar-refractivity contribution >= 4 is 38.7 Å². The van der Waals surface area contributed by atoms with E-state index in [1.54, 1.807) is 17.5 Å². The number of alkyl carbamates (subject to hydrolysis) is 1. The summed E-state index contributed by atoms with van der Waals surface area (Å²) in [5.41, 5.74) is 2.01. The largest absolute Gasteiger partial charge is 0.618 e. The molecule has 3 rings (SSSR count). The van der Waals surface area contributed by atoms with Crippen LogP contribution < -0.4 is 10.0 Å². The van der Waals surface area contributed by atoms with E-state index in [1.807, 2.05) is 32.2 Å². The Morgan fingerprint density at radius 1 is 1.34 bits per heavy atom. The van der Waals surface area contributed by atoms with E-state index in [-0.39, 0.29) is 6.09 Å². The molecule has 3 aromatic heterocycles. The highest BCUT2D eigenvalue weighted by Crippen LogP contribution is 2.29. The molecule has 0 aliphatic heterocycles. The van der Waals surface area contributed by atoms with Gasteiger partial charge < -0.3 is 19.8 Å². The standard InChI is InChI=1S/C21H30N4O3S/c1-5-6-9-17-23-15-14-25(27)16-10-13-29-19(16)18(15)24(17)12-8-7-11-22-20(26)28-21(2,3)4/h10,13-14H,5-9,11-12H2,1-4H3,(H,22,26). The molecule has 7 nitrogen and oxygen atoms in total. The first-order valence-electron chi connectivity index (χ1n) is 10.3. The zero-order valence-electron chi connectivity index (χ0n) is 17.7. The third kappa shape index (κ3) is 5.18. The van der Waals surface area contributed by atoms with Gasteiger partial charge in [0.05, 0.1) is 5.52 Å². The van der Waals surface area contributed by atoms with Crippen LogP contribution in [0.3, 0.4) is 0 Å². The number of aryl methyl sites for hydroxylation is 2. The number of aromatic nitrogens is 3. The van der Waals surface area contributed by atoms with Crippen molar-refractivity contribution in [2.75, 3.05) is 6.54 Å². The maximum Gasteiger partial charge on any atom is 0.407 e. The Kier molecular flexibility index (Phi) is 6.62. The Balaban J connectivity index is 1.72. The fourth-order valence-corrected chi connectivity index (χ4v) is 4.29. The van der Waals surface area contributed by atoms with Gasteiger partial charge in [0.25, 0.3) is 0 Å². The van der Waals surface area contributed by atoms with Crippen LogP contribution in [0.4, 0.5) is 4.79 Å². The van der Waals surface area contributed by atoms with Crippen molar-refractivity contribution in [3.05, 3.63) is 28.7 Å². The molecule has 0 atom stereocenters. The average Bonchev–Trinajstić information content (AvgIpc) is 3.23. The summed E-state index contributed by atoms with van der Waals surface area (Å²) in [4.78, 5) is 16.5. The molecule has 3 heterocycles. The molecule has 0 aliphatic carbocycles. The maximum absolute atomic E-state index is 12.3. The van der Waals surface area contributed by atoms with Crippen LogP contribution in [0.1, 0.15) is 59.2 Å². The monoisotopic (exact) mass is 418 g/mol. The van der Waals surface area contributed by atoms with Crippen molar-refractivity contribution in [1.82, 2.24) is 14.9 Å². The topological polar surface area (TPSA) is 83.1 Å². The summed E-state index contributed by atoms with van der Waals surface area (Å²) < 4.78 is 9.43. The molecule has 0 aliphatic rings. The van der Waals surface area contributed by atoms with E-state index in [0.717, 1.165) is 64.9 Å². The molecule has 29 heavy (non-hydrogen) atoms. The summed E-state index contributed by atoms with van der Waals surface area (Å²) in [5, 5.41) is 17.0. The molecule has 0 aromatic carbocycles.